The summed E-state index contributed by atoms with van der Waals surface area (Å²) < 4.78 is 6.89. The smallest absolute Gasteiger partial charge is 0.227 e. The van der Waals surface area contributed by atoms with Crippen LogP contribution in [0, 0.1) is 27.7 Å². The third-order valence-electron chi connectivity index (χ3n) is 4.45. The molecule has 8 heteroatoms. The second-order valence-electron chi connectivity index (χ2n) is 6.86. The predicted octanol–water partition coefficient (Wildman–Crippen LogP) is 2.54. The average Bonchev–Trinajstić information content (AvgIpc) is 2.91. The molecular formula is C19H27N7O. The Labute approximate surface area is 159 Å². The van der Waals surface area contributed by atoms with Crippen molar-refractivity contribution in [3.8, 4) is 11.1 Å². The Hall–Kier alpha value is -2.74. The van der Waals surface area contributed by atoms with Crippen molar-refractivity contribution in [2.24, 2.45) is 0 Å². The highest BCUT2D eigenvalue weighted by atomic mass is 16.5. The van der Waals surface area contributed by atoms with Crippen molar-refractivity contribution in [3.63, 3.8) is 0 Å². The molecule has 144 valence electrons. The summed E-state index contributed by atoms with van der Waals surface area (Å²) in [4.78, 5) is 16.0. The van der Waals surface area contributed by atoms with Gasteiger partial charge in [0.15, 0.2) is 5.65 Å². The summed E-state index contributed by atoms with van der Waals surface area (Å²) in [5.41, 5.74) is 5.87. The van der Waals surface area contributed by atoms with E-state index in [0.717, 1.165) is 39.5 Å². The largest absolute Gasteiger partial charge is 0.383 e. The fourth-order valence-corrected chi connectivity index (χ4v) is 3.24. The summed E-state index contributed by atoms with van der Waals surface area (Å²) in [5.74, 6) is 2.30. The highest BCUT2D eigenvalue weighted by molar-refractivity contribution is 5.84. The second kappa shape index (κ2) is 7.48. The zero-order valence-corrected chi connectivity index (χ0v) is 17.1. The first kappa shape index (κ1) is 19.0. The van der Waals surface area contributed by atoms with Gasteiger partial charge >= 0.3 is 0 Å². The number of nitrogens with one attached hydrogen (secondary N) is 1. The standard InChI is InChI=1S/C19H27N7O/c1-11-10-15(25(5)6)21-12(2)16(11)17-13(3)24-26-18(17)22-14(4)23-19(26)20-8-9-27-7/h10H,8-9H2,1-7H3,(H,20,22,23). The van der Waals surface area contributed by atoms with Crippen LogP contribution in [0.5, 0.6) is 0 Å². The van der Waals surface area contributed by atoms with E-state index in [4.69, 9.17) is 14.8 Å². The molecule has 3 aromatic rings. The molecule has 0 bridgehead atoms. The van der Waals surface area contributed by atoms with E-state index in [1.54, 1.807) is 11.6 Å². The summed E-state index contributed by atoms with van der Waals surface area (Å²) in [6.45, 7) is 9.26. The molecule has 0 aromatic carbocycles. The SMILES string of the molecule is COCCNc1nc(C)nc2c(-c3c(C)cc(N(C)C)nc3C)c(C)nn12. The normalized spacial score (nSPS) is 11.2. The molecule has 0 saturated carbocycles. The van der Waals surface area contributed by atoms with Crippen LogP contribution in [0.3, 0.4) is 0 Å². The van der Waals surface area contributed by atoms with E-state index >= 15 is 0 Å². The third-order valence-corrected chi connectivity index (χ3v) is 4.45. The Morgan fingerprint density at radius 3 is 2.41 bits per heavy atom. The molecule has 0 saturated heterocycles. The maximum Gasteiger partial charge on any atom is 0.227 e. The van der Waals surface area contributed by atoms with Crippen LogP contribution in [-0.2, 0) is 4.74 Å². The van der Waals surface area contributed by atoms with Crippen molar-refractivity contribution in [1.82, 2.24) is 24.6 Å². The van der Waals surface area contributed by atoms with Crippen molar-refractivity contribution in [2.75, 3.05) is 44.6 Å². The fraction of sp³-hybridized carbons (Fsp3) is 0.474. The van der Waals surface area contributed by atoms with E-state index in [1.165, 1.54) is 0 Å². The minimum Gasteiger partial charge on any atom is -0.383 e. The van der Waals surface area contributed by atoms with Gasteiger partial charge in [-0.25, -0.2) is 9.97 Å². The van der Waals surface area contributed by atoms with Gasteiger partial charge in [-0.2, -0.15) is 14.6 Å². The fourth-order valence-electron chi connectivity index (χ4n) is 3.24. The summed E-state index contributed by atoms with van der Waals surface area (Å²) in [6.07, 6.45) is 0. The molecule has 0 amide bonds. The van der Waals surface area contributed by atoms with Crippen LogP contribution in [0.4, 0.5) is 11.8 Å². The first-order chi connectivity index (χ1) is 12.8. The zero-order chi connectivity index (χ0) is 19.7. The summed E-state index contributed by atoms with van der Waals surface area (Å²) in [7, 11) is 5.67. The van der Waals surface area contributed by atoms with E-state index in [1.807, 2.05) is 39.8 Å². The molecular weight excluding hydrogens is 342 g/mol. The van der Waals surface area contributed by atoms with Gasteiger partial charge in [0.25, 0.3) is 0 Å². The monoisotopic (exact) mass is 369 g/mol. The third kappa shape index (κ3) is 3.57. The lowest BCUT2D eigenvalue weighted by Gasteiger charge is -2.16. The quantitative estimate of drug-likeness (QED) is 0.669. The molecule has 0 unspecified atom stereocenters. The molecule has 8 nitrogen and oxygen atoms in total. The number of hydrogen-bond acceptors (Lipinski definition) is 7. The van der Waals surface area contributed by atoms with Crippen molar-refractivity contribution >= 4 is 17.4 Å². The molecule has 27 heavy (non-hydrogen) atoms. The van der Waals surface area contributed by atoms with Crippen LogP contribution in [0.1, 0.15) is 22.8 Å². The van der Waals surface area contributed by atoms with Gasteiger partial charge in [-0.1, -0.05) is 0 Å². The molecule has 0 aliphatic carbocycles. The van der Waals surface area contributed by atoms with Crippen molar-refractivity contribution < 1.29 is 4.74 Å². The van der Waals surface area contributed by atoms with Gasteiger partial charge in [0.1, 0.15) is 11.6 Å². The summed E-state index contributed by atoms with van der Waals surface area (Å²) in [6, 6.07) is 2.09. The van der Waals surface area contributed by atoms with Gasteiger partial charge in [-0.05, 0) is 39.3 Å². The van der Waals surface area contributed by atoms with Gasteiger partial charge in [0.2, 0.25) is 5.95 Å². The summed E-state index contributed by atoms with van der Waals surface area (Å²) in [5, 5.41) is 7.98. The number of pyridine rings is 1. The highest BCUT2D eigenvalue weighted by Gasteiger charge is 2.21. The van der Waals surface area contributed by atoms with Crippen molar-refractivity contribution in [2.45, 2.75) is 27.7 Å². The molecule has 0 aliphatic rings. The maximum atomic E-state index is 5.12. The van der Waals surface area contributed by atoms with Crippen LogP contribution >= 0.6 is 0 Å². The molecule has 3 heterocycles. The lowest BCUT2D eigenvalue weighted by atomic mass is 9.99. The number of nitrogens with zero attached hydrogens (tertiary/aromatic N) is 6. The molecule has 0 spiro atoms. The van der Waals surface area contributed by atoms with E-state index in [9.17, 15) is 0 Å². The first-order valence-electron chi connectivity index (χ1n) is 8.96. The van der Waals surface area contributed by atoms with Crippen molar-refractivity contribution in [3.05, 3.63) is 28.8 Å². The van der Waals surface area contributed by atoms with E-state index < -0.39 is 0 Å². The van der Waals surface area contributed by atoms with E-state index in [0.29, 0.717) is 24.9 Å². The number of methoxy groups -OCH3 is 1. The highest BCUT2D eigenvalue weighted by Crippen LogP contribution is 2.34. The number of aromatic nitrogens is 5. The van der Waals surface area contributed by atoms with Gasteiger partial charge in [-0.15, -0.1) is 0 Å². The van der Waals surface area contributed by atoms with Crippen LogP contribution in [0.15, 0.2) is 6.07 Å². The zero-order valence-electron chi connectivity index (χ0n) is 17.1. The molecule has 0 fully saturated rings. The maximum absolute atomic E-state index is 5.12. The molecule has 0 aliphatic heterocycles. The number of ether oxygens (including phenoxy) is 1. The van der Waals surface area contributed by atoms with Gasteiger partial charge in [0.05, 0.1) is 17.9 Å². The van der Waals surface area contributed by atoms with Crippen LogP contribution in [0.25, 0.3) is 16.8 Å². The second-order valence-corrected chi connectivity index (χ2v) is 6.86. The van der Waals surface area contributed by atoms with Gasteiger partial charge < -0.3 is 15.0 Å². The average molecular weight is 369 g/mol. The Morgan fingerprint density at radius 2 is 1.78 bits per heavy atom. The Bertz CT molecular complexity index is 955. The minimum atomic E-state index is 0.589. The minimum absolute atomic E-state index is 0.589. The van der Waals surface area contributed by atoms with E-state index in [-0.39, 0.29) is 0 Å². The lowest BCUT2D eigenvalue weighted by molar-refractivity contribution is 0.210. The molecule has 3 aromatic heterocycles. The Morgan fingerprint density at radius 1 is 1.04 bits per heavy atom. The molecule has 3 rings (SSSR count). The predicted molar refractivity (Wildman–Crippen MR) is 108 cm³/mol. The van der Waals surface area contributed by atoms with E-state index in [2.05, 4.69) is 28.3 Å². The van der Waals surface area contributed by atoms with Crippen LogP contribution in [0.2, 0.25) is 0 Å². The first-order valence-corrected chi connectivity index (χ1v) is 8.96. The van der Waals surface area contributed by atoms with Gasteiger partial charge in [0, 0.05) is 39.0 Å². The lowest BCUT2D eigenvalue weighted by Crippen LogP contribution is -2.14. The number of anilines is 2. The number of aryl methyl sites for hydroxylation is 4. The summed E-state index contributed by atoms with van der Waals surface area (Å²) >= 11 is 0. The van der Waals surface area contributed by atoms with Gasteiger partial charge in [-0.3, -0.25) is 0 Å². The van der Waals surface area contributed by atoms with Crippen molar-refractivity contribution in [1.29, 1.82) is 0 Å². The number of hydrogen-bond donors (Lipinski definition) is 1. The van der Waals surface area contributed by atoms with Crippen LogP contribution in [-0.4, -0.2) is 58.9 Å². The van der Waals surface area contributed by atoms with Crippen LogP contribution < -0.4 is 10.2 Å². The molecule has 0 atom stereocenters. The topological polar surface area (TPSA) is 80.5 Å². The number of rotatable bonds is 6. The molecule has 1 N–H and O–H groups in total. The molecule has 0 radical (unpaired) electrons. The number of fused-ring (bicyclic) bond motifs is 1. The Balaban J connectivity index is 2.20. The Kier molecular flexibility index (Phi) is 5.27.